The van der Waals surface area contributed by atoms with Crippen LogP contribution in [0.15, 0.2) is 36.4 Å². The second-order valence-corrected chi connectivity index (χ2v) is 34.5. The van der Waals surface area contributed by atoms with E-state index in [1.165, 1.54) is 36.4 Å². The van der Waals surface area contributed by atoms with Gasteiger partial charge in [-0.2, -0.15) is 0 Å². The SMILES string of the molecule is CCCCCCCO[C@@H](C)C(=O)Oc1cc2c(cc1OC(=O)[C@H](C)OCCCCCCC)c1c(OC(=O)[C@H](C)OCCCCCCC)c(OC(=O)[C@H](C)OCCCCCCC)cc3c4cc(OC(=O)[C@H](C)OCCCCCCC)c(OC(=O)[C@H](C)OCCCCCCC)cc4c4c(OC(=O)[C@H](C)OCCCCCCC)c(OC(=O)[C@H](C)OCCCCCCC)cc2c4c31. The molecule has 0 saturated carbocycles. The van der Waals surface area contributed by atoms with E-state index in [4.69, 9.17) is 75.8 Å². The summed E-state index contributed by atoms with van der Waals surface area (Å²) < 4.78 is 103. The van der Waals surface area contributed by atoms with E-state index in [0.29, 0.717) is 51.4 Å². The summed E-state index contributed by atoms with van der Waals surface area (Å²) in [5.41, 5.74) is 0. The maximum absolute atomic E-state index is 15.6. The average Bonchev–Trinajstić information content (AvgIpc) is 0.681. The van der Waals surface area contributed by atoms with Crippen LogP contribution in [0.2, 0.25) is 0 Å². The number of ether oxygens (including phenoxy) is 16. The van der Waals surface area contributed by atoms with Gasteiger partial charge in [0, 0.05) is 74.4 Å². The monoisotopic (exact) mass is 1790 g/mol. The Kier molecular flexibility index (Phi) is 52.7. The molecule has 0 aliphatic rings. The van der Waals surface area contributed by atoms with Gasteiger partial charge in [0.05, 0.1) is 0 Å². The lowest BCUT2D eigenvalue weighted by Gasteiger charge is -2.26. The van der Waals surface area contributed by atoms with Crippen molar-refractivity contribution in [2.45, 2.75) is 416 Å². The van der Waals surface area contributed by atoms with Gasteiger partial charge in [-0.3, -0.25) is 0 Å². The minimum atomic E-state index is -1.26. The molecule has 128 heavy (non-hydrogen) atoms. The summed E-state index contributed by atoms with van der Waals surface area (Å²) in [6.07, 6.45) is 26.4. The summed E-state index contributed by atoms with van der Waals surface area (Å²) in [7, 11) is 0. The fourth-order valence-corrected chi connectivity index (χ4v) is 15.2. The number of hydrogen-bond acceptors (Lipinski definition) is 24. The van der Waals surface area contributed by atoms with Gasteiger partial charge in [-0.15, -0.1) is 0 Å². The zero-order valence-corrected chi connectivity index (χ0v) is 80.8. The maximum atomic E-state index is 15.6. The van der Waals surface area contributed by atoms with Crippen LogP contribution < -0.4 is 37.9 Å². The smallest absolute Gasteiger partial charge is 0.340 e. The largest absolute Gasteiger partial charge is 0.421 e. The highest BCUT2D eigenvalue weighted by Gasteiger charge is 2.36. The number of unbranched alkanes of at least 4 members (excludes halogenated alkanes) is 32. The van der Waals surface area contributed by atoms with Crippen LogP contribution in [0, 0.1) is 0 Å². The highest BCUT2D eigenvalue weighted by atomic mass is 16.6. The lowest BCUT2D eigenvalue weighted by Crippen LogP contribution is -2.29. The molecule has 0 spiro atoms. The molecule has 24 nitrogen and oxygen atoms in total. The molecule has 8 atom stereocenters. The predicted octanol–water partition coefficient (Wildman–Crippen LogP) is 25.1. The van der Waals surface area contributed by atoms with Gasteiger partial charge in [0.15, 0.2) is 94.8 Å². The van der Waals surface area contributed by atoms with Crippen molar-refractivity contribution in [2.24, 2.45) is 0 Å². The quantitative estimate of drug-likeness (QED) is 0.0113. The third-order valence-electron chi connectivity index (χ3n) is 23.3. The summed E-state index contributed by atoms with van der Waals surface area (Å²) in [6, 6.07) is 8.78. The van der Waals surface area contributed by atoms with E-state index in [0.717, 1.165) is 205 Å². The average molecular weight is 1790 g/mol. The Labute approximate surface area is 763 Å². The molecule has 718 valence electrons. The van der Waals surface area contributed by atoms with E-state index in [9.17, 15) is 9.59 Å². The maximum Gasteiger partial charge on any atom is 0.340 e. The molecule has 6 rings (SSSR count). The zero-order valence-electron chi connectivity index (χ0n) is 80.8. The van der Waals surface area contributed by atoms with E-state index >= 15 is 28.8 Å². The minimum absolute atomic E-state index is 0.0194. The molecule has 0 N–H and O–H groups in total. The first kappa shape index (κ1) is 109. The van der Waals surface area contributed by atoms with Crippen LogP contribution in [0.4, 0.5) is 0 Å². The molecule has 0 unspecified atom stereocenters. The van der Waals surface area contributed by atoms with Gasteiger partial charge in [0.25, 0.3) is 0 Å². The van der Waals surface area contributed by atoms with E-state index in [1.807, 2.05) is 0 Å². The van der Waals surface area contributed by atoms with E-state index in [2.05, 4.69) is 55.4 Å². The molecular weight excluding hydrogens is 1630 g/mol. The van der Waals surface area contributed by atoms with Crippen molar-refractivity contribution in [1.29, 1.82) is 0 Å². The number of rotatable bonds is 72. The zero-order chi connectivity index (χ0) is 93.1. The van der Waals surface area contributed by atoms with Gasteiger partial charge in [0.1, 0.15) is 0 Å². The Hall–Kier alpha value is -7.68. The van der Waals surface area contributed by atoms with Crippen LogP contribution in [-0.4, -0.2) is 149 Å². The Morgan fingerprint density at radius 2 is 0.320 bits per heavy atom. The van der Waals surface area contributed by atoms with E-state index in [1.54, 1.807) is 55.4 Å². The highest BCUT2D eigenvalue weighted by molar-refractivity contribution is 6.43. The van der Waals surface area contributed by atoms with Crippen molar-refractivity contribution >= 4 is 102 Å². The van der Waals surface area contributed by atoms with Gasteiger partial charge < -0.3 is 75.8 Å². The molecule has 0 aliphatic heterocycles. The first-order chi connectivity index (χ1) is 61.9. The summed E-state index contributed by atoms with van der Waals surface area (Å²) in [5, 5.41) is 1.01. The van der Waals surface area contributed by atoms with Crippen LogP contribution in [0.3, 0.4) is 0 Å². The molecule has 0 saturated heterocycles. The number of benzene rings is 6. The first-order valence-electron chi connectivity index (χ1n) is 49.4. The predicted molar refractivity (Wildman–Crippen MR) is 504 cm³/mol. The van der Waals surface area contributed by atoms with Crippen LogP contribution in [0.25, 0.3) is 53.9 Å². The molecule has 0 amide bonds. The molecule has 0 radical (unpaired) electrons. The number of hydrogen-bond donors (Lipinski definition) is 0. The van der Waals surface area contributed by atoms with Crippen molar-refractivity contribution in [1.82, 2.24) is 0 Å². The normalized spacial score (nSPS) is 13.7. The molecule has 0 fully saturated rings. The number of carbonyl (C=O) groups is 8. The first-order valence-corrected chi connectivity index (χ1v) is 49.4. The van der Waals surface area contributed by atoms with Crippen molar-refractivity contribution < 1.29 is 114 Å². The van der Waals surface area contributed by atoms with Gasteiger partial charge in [-0.05, 0) is 175 Å². The van der Waals surface area contributed by atoms with Gasteiger partial charge in [-0.25, -0.2) is 38.4 Å². The second kappa shape index (κ2) is 61.9. The van der Waals surface area contributed by atoms with E-state index in [-0.39, 0.29) is 153 Å². The van der Waals surface area contributed by atoms with Crippen molar-refractivity contribution in [3.8, 4) is 46.0 Å². The lowest BCUT2D eigenvalue weighted by atomic mass is 9.84. The topological polar surface area (TPSA) is 284 Å². The third-order valence-corrected chi connectivity index (χ3v) is 23.3. The Balaban J connectivity index is 1.95. The van der Waals surface area contributed by atoms with Crippen LogP contribution >= 0.6 is 0 Å². The summed E-state index contributed by atoms with van der Waals surface area (Å²) in [6.45, 7) is 31.1. The van der Waals surface area contributed by atoms with Crippen molar-refractivity contribution in [2.75, 3.05) is 52.9 Å². The fourth-order valence-electron chi connectivity index (χ4n) is 15.2. The Morgan fingerprint density at radius 1 is 0.180 bits per heavy atom. The number of fused-ring (bicyclic) bond motifs is 6. The molecule has 24 heteroatoms. The number of carbonyl (C=O) groups excluding carboxylic acids is 8. The summed E-state index contributed by atoms with van der Waals surface area (Å²) in [5.74, 6) is -9.88. The second-order valence-electron chi connectivity index (χ2n) is 34.5. The molecule has 0 aromatic heterocycles. The molecule has 6 aromatic rings. The lowest BCUT2D eigenvalue weighted by molar-refractivity contribution is -0.149. The van der Waals surface area contributed by atoms with Crippen molar-refractivity contribution in [3.05, 3.63) is 36.4 Å². The molecule has 0 bridgehead atoms. The van der Waals surface area contributed by atoms with Crippen LogP contribution in [0.1, 0.15) is 368 Å². The molecule has 6 aromatic carbocycles. The third kappa shape index (κ3) is 36.1. The van der Waals surface area contributed by atoms with E-state index < -0.39 is 96.6 Å². The standard InChI is InChI=1S/C104H158O24/c1-17-25-33-41-49-57-113-71(9)97(105)121-85-65-79-81-69-89(125-101(109)75(13)117-61-53-45-37-29-21-5)96(128-104(112)78(16)120-64-56-48-40-32-24-8)94-84-68-88(124-100(108)74(12)116-60-52-44-36-28-20-4)86(122-98(106)72(10)114-58-50-42-34-26-18-2)66-80(84)82-70-90(126-102(110)76(14)118-62-54-46-38-30-22-6)95(127-103(111)77(15)119-63-55-47-39-31-23-7)93(92(82)91(81)94)83(79)67-87(85)123-99(107)73(11)115-59-51-43-35-27-19-3/h65-78H,17-64H2,1-16H3/t71-,72-,73-,74-,75-,76-,77-,78-/m0/s1. The molecule has 0 heterocycles. The van der Waals surface area contributed by atoms with Crippen LogP contribution in [-0.2, 0) is 76.3 Å². The van der Waals surface area contributed by atoms with Crippen LogP contribution in [0.5, 0.6) is 46.0 Å². The Bertz CT molecular complexity index is 4030. The van der Waals surface area contributed by atoms with Crippen molar-refractivity contribution in [3.63, 3.8) is 0 Å². The minimum Gasteiger partial charge on any atom is -0.421 e. The Morgan fingerprint density at radius 3 is 0.500 bits per heavy atom. The fraction of sp³-hybridized carbons (Fsp3) is 0.692. The number of esters is 8. The highest BCUT2D eigenvalue weighted by Crippen LogP contribution is 2.57. The summed E-state index contributed by atoms with van der Waals surface area (Å²) >= 11 is 0. The summed E-state index contributed by atoms with van der Waals surface area (Å²) in [4.78, 5) is 122. The van der Waals surface area contributed by atoms with Gasteiger partial charge in [-0.1, -0.05) is 261 Å². The molecule has 0 aliphatic carbocycles. The molecular formula is C104H158O24. The van der Waals surface area contributed by atoms with Gasteiger partial charge in [0.2, 0.25) is 0 Å². The van der Waals surface area contributed by atoms with Gasteiger partial charge >= 0.3 is 47.8 Å².